The zero-order valence-electron chi connectivity index (χ0n) is 38.3. The van der Waals surface area contributed by atoms with Crippen molar-refractivity contribution in [2.75, 3.05) is 109 Å². The molecule has 0 fully saturated rings. The number of nitrogens with zero attached hydrogens (tertiary/aromatic N) is 5. The molecule has 0 aliphatic heterocycles. The number of likely N-dealkylation sites (N-methyl/N-ethyl adjacent to an activating group) is 4. The van der Waals surface area contributed by atoms with Gasteiger partial charge in [0.25, 0.3) is 5.24 Å². The Balaban J connectivity index is 5.40. The number of carbonyl (C=O) groups is 7. The van der Waals surface area contributed by atoms with Crippen molar-refractivity contribution in [2.45, 2.75) is 115 Å². The van der Waals surface area contributed by atoms with Crippen LogP contribution in [0.1, 0.15) is 97.8 Å². The van der Waals surface area contributed by atoms with Crippen LogP contribution in [0.4, 0.5) is 4.79 Å². The second kappa shape index (κ2) is 31.1. The van der Waals surface area contributed by atoms with Crippen LogP contribution in [0.2, 0.25) is 0 Å². The van der Waals surface area contributed by atoms with E-state index in [4.69, 9.17) is 0 Å². The van der Waals surface area contributed by atoms with Crippen molar-refractivity contribution in [3.8, 4) is 0 Å². The molecule has 0 radical (unpaired) electrons. The lowest BCUT2D eigenvalue weighted by molar-refractivity contribution is -0.129. The van der Waals surface area contributed by atoms with E-state index in [9.17, 15) is 33.6 Å². The maximum atomic E-state index is 13.7. The van der Waals surface area contributed by atoms with Gasteiger partial charge in [-0.2, -0.15) is 0 Å². The molecule has 0 aromatic rings. The molecule has 0 heterocycles. The lowest BCUT2D eigenvalue weighted by Crippen LogP contribution is -2.49. The van der Waals surface area contributed by atoms with Gasteiger partial charge < -0.3 is 45.8 Å². The molecule has 0 bridgehead atoms. The summed E-state index contributed by atoms with van der Waals surface area (Å²) in [6, 6.07) is -1.44. The third-order valence-electron chi connectivity index (χ3n) is 8.96. The molecule has 3 unspecified atom stereocenters. The maximum absolute atomic E-state index is 13.7. The lowest BCUT2D eigenvalue weighted by atomic mass is 10.0. The number of amides is 5. The highest BCUT2D eigenvalue weighted by Crippen LogP contribution is 2.19. The minimum absolute atomic E-state index is 0.0670. The predicted octanol–water partition coefficient (Wildman–Crippen LogP) is 2.15. The molecule has 0 saturated heterocycles. The van der Waals surface area contributed by atoms with Crippen molar-refractivity contribution < 1.29 is 33.6 Å². The fourth-order valence-electron chi connectivity index (χ4n) is 6.05. The van der Waals surface area contributed by atoms with Crippen LogP contribution in [0.15, 0.2) is 0 Å². The molecule has 4 N–H and O–H groups in total. The SMILES string of the molecule is CN(C)CC(=O)CCCCCC(NC(=O)CN(C)C)C(=O)NCCCN(CCCNC(=O)C(CCCCCC(=O)CN(C)C)NC(=O)CN(C)C)C(=O)S(=P)C(C)(C)C. The third kappa shape index (κ3) is 29.1. The summed E-state index contributed by atoms with van der Waals surface area (Å²) < 4.78 is -0.329. The van der Waals surface area contributed by atoms with Crippen molar-refractivity contribution in [3.05, 3.63) is 0 Å². The van der Waals surface area contributed by atoms with E-state index in [1.807, 2.05) is 58.8 Å². The molecule has 342 valence electrons. The number of nitrogens with one attached hydrogen (secondary N) is 4. The molecule has 0 spiro atoms. The van der Waals surface area contributed by atoms with Crippen molar-refractivity contribution in [1.29, 1.82) is 0 Å². The highest BCUT2D eigenvalue weighted by Gasteiger charge is 2.26. The zero-order valence-corrected chi connectivity index (χ0v) is 40.1. The second-order valence-electron chi connectivity index (χ2n) is 17.4. The van der Waals surface area contributed by atoms with Gasteiger partial charge >= 0.3 is 0 Å². The molecule has 16 nitrogen and oxygen atoms in total. The van der Waals surface area contributed by atoms with Gasteiger partial charge in [-0.15, -0.1) is 0 Å². The van der Waals surface area contributed by atoms with Gasteiger partial charge in [0.2, 0.25) is 23.6 Å². The summed E-state index contributed by atoms with van der Waals surface area (Å²) in [4.78, 5) is 98.6. The predicted molar refractivity (Wildman–Crippen MR) is 242 cm³/mol. The third-order valence-corrected chi connectivity index (χ3v) is 13.2. The second-order valence-corrected chi connectivity index (χ2v) is 20.8. The van der Waals surface area contributed by atoms with Gasteiger partial charge in [-0.3, -0.25) is 33.6 Å². The van der Waals surface area contributed by atoms with Crippen LogP contribution < -0.4 is 21.3 Å². The summed E-state index contributed by atoms with van der Waals surface area (Å²) in [5, 5.41) is 11.5. The Morgan fingerprint density at radius 3 is 1.20 bits per heavy atom. The normalized spacial score (nSPS) is 13.3. The van der Waals surface area contributed by atoms with Crippen LogP contribution in [0.25, 0.3) is 0 Å². The average molecular weight is 874 g/mol. The lowest BCUT2D eigenvalue weighted by Gasteiger charge is -2.29. The number of Topliss-reactive ketones (excluding diaryl/α,β-unsaturated/α-hetero) is 2. The van der Waals surface area contributed by atoms with Gasteiger partial charge in [-0.25, -0.2) is 0 Å². The molecule has 59 heavy (non-hydrogen) atoms. The summed E-state index contributed by atoms with van der Waals surface area (Å²) in [6.45, 7) is 8.39. The van der Waals surface area contributed by atoms with Gasteiger partial charge in [0.15, 0.2) is 0 Å². The largest absolute Gasteiger partial charge is 0.354 e. The van der Waals surface area contributed by atoms with E-state index in [0.29, 0.717) is 90.6 Å². The van der Waals surface area contributed by atoms with Crippen molar-refractivity contribution in [3.63, 3.8) is 0 Å². The van der Waals surface area contributed by atoms with E-state index in [2.05, 4.69) is 29.3 Å². The highest BCUT2D eigenvalue weighted by molar-refractivity contribution is 8.27. The number of carbonyl (C=O) groups excluding carboxylic acids is 7. The Kier molecular flexibility index (Phi) is 29.6. The van der Waals surface area contributed by atoms with E-state index in [0.717, 1.165) is 25.7 Å². The molecular weight excluding hydrogens is 794 g/mol. The molecule has 0 aromatic heterocycles. The number of rotatable bonds is 32. The molecule has 0 saturated carbocycles. The monoisotopic (exact) mass is 874 g/mol. The van der Waals surface area contributed by atoms with Gasteiger partial charge in [0.1, 0.15) is 23.7 Å². The molecule has 5 amide bonds. The molecular formula is C41H80N9O7PS. The standard InChI is InChI=1S/C41H80N9O7PS/c1-41(2,3)59(58)40(57)50(26-18-24-42-38(55)34(44-36(53)30-48(8)9)22-16-12-14-20-32(51)28-46(4)5)27-19-25-43-39(56)35(45-37(54)31-49(10)11)23-17-13-15-21-33(52)29-47(6)7/h34-35,58H,12-31H2,1-11H3,(H,42,55)(H,43,56)(H,44,53)(H,45,54). The minimum atomic E-state index is -0.785. The summed E-state index contributed by atoms with van der Waals surface area (Å²) in [6.07, 6.45) is 7.12. The first-order valence-electron chi connectivity index (χ1n) is 21.0. The zero-order chi connectivity index (χ0) is 45.1. The number of hydrogen-bond donors (Lipinski definition) is 4. The van der Waals surface area contributed by atoms with Crippen LogP contribution in [-0.4, -0.2) is 191 Å². The number of ketones is 2. The van der Waals surface area contributed by atoms with Crippen LogP contribution in [0.3, 0.4) is 0 Å². The van der Waals surface area contributed by atoms with Gasteiger partial charge in [-0.1, -0.05) is 64.5 Å². The topological polar surface area (TPSA) is 184 Å². The Morgan fingerprint density at radius 1 is 0.525 bits per heavy atom. The first-order valence-corrected chi connectivity index (χ1v) is 23.5. The Hall–Kier alpha value is -2.82. The van der Waals surface area contributed by atoms with Crippen molar-refractivity contribution >= 4 is 58.5 Å². The van der Waals surface area contributed by atoms with E-state index in [1.165, 1.54) is 0 Å². The van der Waals surface area contributed by atoms with E-state index in [-0.39, 0.29) is 58.3 Å². The van der Waals surface area contributed by atoms with Crippen LogP contribution >= 0.6 is 8.02 Å². The molecule has 0 aliphatic rings. The fourth-order valence-corrected chi connectivity index (χ4v) is 7.40. The minimum Gasteiger partial charge on any atom is -0.354 e. The quantitative estimate of drug-likeness (QED) is 0.0574. The Bertz CT molecular complexity index is 1260. The fraction of sp³-hybridized carbons (Fsp3) is 0.829. The smallest absolute Gasteiger partial charge is 0.280 e. The first kappa shape index (κ1) is 56.2. The summed E-state index contributed by atoms with van der Waals surface area (Å²) in [5.41, 5.74) is 0. The first-order chi connectivity index (χ1) is 27.5. The molecule has 3 atom stereocenters. The Morgan fingerprint density at radius 2 is 0.881 bits per heavy atom. The van der Waals surface area contributed by atoms with Crippen LogP contribution in [-0.2, 0) is 38.8 Å². The number of hydrogen-bond acceptors (Lipinski definition) is 11. The molecule has 0 aliphatic carbocycles. The summed E-state index contributed by atoms with van der Waals surface area (Å²) in [5.74, 6) is -0.736. The Labute approximate surface area is 360 Å². The molecule has 18 heteroatoms. The molecule has 0 aromatic carbocycles. The maximum Gasteiger partial charge on any atom is 0.280 e. The van der Waals surface area contributed by atoms with Gasteiger partial charge in [0.05, 0.1) is 26.2 Å². The van der Waals surface area contributed by atoms with Crippen molar-refractivity contribution in [1.82, 2.24) is 45.8 Å². The van der Waals surface area contributed by atoms with Crippen LogP contribution in [0, 0.1) is 0 Å². The molecule has 0 rings (SSSR count). The van der Waals surface area contributed by atoms with E-state index >= 15 is 0 Å². The highest BCUT2D eigenvalue weighted by atomic mass is 32.5. The van der Waals surface area contributed by atoms with Crippen molar-refractivity contribution in [2.24, 2.45) is 0 Å². The van der Waals surface area contributed by atoms with Gasteiger partial charge in [-0.05, 0) is 94.9 Å². The van der Waals surface area contributed by atoms with E-state index in [1.54, 1.807) is 42.9 Å². The summed E-state index contributed by atoms with van der Waals surface area (Å²) in [7, 11) is 17.5. The number of unbranched alkanes of at least 4 members (excludes halogenated alkanes) is 4. The average Bonchev–Trinajstić information content (AvgIpc) is 3.10. The van der Waals surface area contributed by atoms with Crippen LogP contribution in [0.5, 0.6) is 0 Å². The van der Waals surface area contributed by atoms with E-state index < -0.39 is 22.2 Å². The summed E-state index contributed by atoms with van der Waals surface area (Å²) >= 11 is 0. The van der Waals surface area contributed by atoms with Gasteiger partial charge in [0, 0.05) is 43.8 Å².